The first-order valence-corrected chi connectivity index (χ1v) is 9.63. The lowest BCUT2D eigenvalue weighted by Crippen LogP contribution is -2.54. The summed E-state index contributed by atoms with van der Waals surface area (Å²) in [7, 11) is 0. The van der Waals surface area contributed by atoms with Crippen LogP contribution in [-0.4, -0.2) is 25.0 Å². The summed E-state index contributed by atoms with van der Waals surface area (Å²) in [6, 6.07) is 6.81. The van der Waals surface area contributed by atoms with E-state index in [9.17, 15) is 9.59 Å². The highest BCUT2D eigenvalue weighted by atomic mass is 35.5. The third kappa shape index (κ3) is 3.29. The first-order chi connectivity index (χ1) is 12.1. The number of halogens is 1. The van der Waals surface area contributed by atoms with E-state index in [4.69, 9.17) is 16.3 Å². The molecule has 4 saturated carbocycles. The van der Waals surface area contributed by atoms with Crippen LogP contribution >= 0.6 is 11.6 Å². The van der Waals surface area contributed by atoms with Gasteiger partial charge in [-0.3, -0.25) is 4.79 Å². The standard InChI is InChI=1S/C20H24ClNO3/c21-17-4-2-1-3-16(17)18(23)25-6-5-22-19(24)20-10-13-7-14(11-20)9-15(8-13)12-20/h1-4,13-15H,5-12H2,(H,22,24). The molecule has 4 bridgehead atoms. The lowest BCUT2D eigenvalue weighted by atomic mass is 9.49. The average molecular weight is 362 g/mol. The van der Waals surface area contributed by atoms with Crippen molar-refractivity contribution in [3.8, 4) is 0 Å². The van der Waals surface area contributed by atoms with Crippen LogP contribution in [0.4, 0.5) is 0 Å². The lowest BCUT2D eigenvalue weighted by molar-refractivity contribution is -0.146. The van der Waals surface area contributed by atoms with Crippen LogP contribution < -0.4 is 5.32 Å². The molecule has 134 valence electrons. The van der Waals surface area contributed by atoms with Crippen LogP contribution in [0, 0.1) is 23.2 Å². The number of nitrogens with one attached hydrogen (secondary N) is 1. The van der Waals surface area contributed by atoms with E-state index in [-0.39, 0.29) is 17.9 Å². The van der Waals surface area contributed by atoms with E-state index in [1.165, 1.54) is 19.3 Å². The molecule has 4 nitrogen and oxygen atoms in total. The van der Waals surface area contributed by atoms with E-state index in [2.05, 4.69) is 5.32 Å². The number of hydrogen-bond donors (Lipinski definition) is 1. The first-order valence-electron chi connectivity index (χ1n) is 9.26. The van der Waals surface area contributed by atoms with E-state index in [0.717, 1.165) is 37.0 Å². The Morgan fingerprint density at radius 3 is 2.28 bits per heavy atom. The maximum atomic E-state index is 12.8. The molecule has 0 aliphatic heterocycles. The SMILES string of the molecule is O=C(OCCNC(=O)C12CC3CC(CC(C3)C1)C2)c1ccccc1Cl. The highest BCUT2D eigenvalue weighted by molar-refractivity contribution is 6.33. The Hall–Kier alpha value is -1.55. The zero-order valence-corrected chi connectivity index (χ0v) is 15.1. The molecule has 4 aliphatic rings. The van der Waals surface area contributed by atoms with Crippen LogP contribution in [0.3, 0.4) is 0 Å². The fourth-order valence-electron chi connectivity index (χ4n) is 5.59. The Kier molecular flexibility index (Phi) is 4.48. The molecule has 0 unspecified atom stereocenters. The van der Waals surface area contributed by atoms with Crippen molar-refractivity contribution in [2.75, 3.05) is 13.2 Å². The van der Waals surface area contributed by atoms with Crippen molar-refractivity contribution in [1.82, 2.24) is 5.32 Å². The molecular formula is C20H24ClNO3. The topological polar surface area (TPSA) is 55.4 Å². The number of hydrogen-bond acceptors (Lipinski definition) is 3. The summed E-state index contributed by atoms with van der Waals surface area (Å²) in [5.74, 6) is 1.95. The Morgan fingerprint density at radius 2 is 1.68 bits per heavy atom. The van der Waals surface area contributed by atoms with Crippen LogP contribution in [0.2, 0.25) is 5.02 Å². The maximum absolute atomic E-state index is 12.8. The number of benzene rings is 1. The zero-order chi connectivity index (χ0) is 17.4. The number of esters is 1. The van der Waals surface area contributed by atoms with E-state index in [1.807, 2.05) is 0 Å². The van der Waals surface area contributed by atoms with Gasteiger partial charge in [0.05, 0.1) is 17.1 Å². The molecule has 25 heavy (non-hydrogen) atoms. The molecule has 0 spiro atoms. The van der Waals surface area contributed by atoms with Gasteiger partial charge in [-0.15, -0.1) is 0 Å². The number of amides is 1. The fraction of sp³-hybridized carbons (Fsp3) is 0.600. The van der Waals surface area contributed by atoms with Crippen molar-refractivity contribution in [3.63, 3.8) is 0 Å². The number of ether oxygens (including phenoxy) is 1. The van der Waals surface area contributed by atoms with E-state index < -0.39 is 5.97 Å². The van der Waals surface area contributed by atoms with E-state index in [1.54, 1.807) is 24.3 Å². The van der Waals surface area contributed by atoms with E-state index >= 15 is 0 Å². The van der Waals surface area contributed by atoms with Crippen molar-refractivity contribution in [3.05, 3.63) is 34.9 Å². The van der Waals surface area contributed by atoms with Gasteiger partial charge in [0.15, 0.2) is 0 Å². The summed E-state index contributed by atoms with van der Waals surface area (Å²) in [6.07, 6.45) is 7.10. The van der Waals surface area contributed by atoms with Gasteiger partial charge in [-0.1, -0.05) is 23.7 Å². The van der Waals surface area contributed by atoms with Gasteiger partial charge in [0.2, 0.25) is 5.91 Å². The molecule has 1 N–H and O–H groups in total. The van der Waals surface area contributed by atoms with E-state index in [0.29, 0.717) is 17.1 Å². The molecule has 0 atom stereocenters. The van der Waals surface area contributed by atoms with Gasteiger partial charge in [-0.2, -0.15) is 0 Å². The van der Waals surface area contributed by atoms with Crippen molar-refractivity contribution >= 4 is 23.5 Å². The smallest absolute Gasteiger partial charge is 0.339 e. The summed E-state index contributed by atoms with van der Waals surface area (Å²) < 4.78 is 5.24. The average Bonchev–Trinajstić information content (AvgIpc) is 2.57. The van der Waals surface area contributed by atoms with Crippen molar-refractivity contribution in [2.45, 2.75) is 38.5 Å². The molecule has 0 saturated heterocycles. The highest BCUT2D eigenvalue weighted by Gasteiger charge is 2.54. The number of carbonyl (C=O) groups is 2. The third-order valence-corrected chi connectivity index (χ3v) is 6.56. The Balaban J connectivity index is 1.27. The minimum absolute atomic E-state index is 0.151. The quantitative estimate of drug-likeness (QED) is 0.640. The molecule has 4 fully saturated rings. The van der Waals surface area contributed by atoms with Crippen molar-refractivity contribution in [1.29, 1.82) is 0 Å². The van der Waals surface area contributed by atoms with Crippen molar-refractivity contribution in [2.24, 2.45) is 23.2 Å². The van der Waals surface area contributed by atoms with Crippen molar-refractivity contribution < 1.29 is 14.3 Å². The Bertz CT molecular complexity index is 652. The second kappa shape index (κ2) is 6.64. The zero-order valence-electron chi connectivity index (χ0n) is 14.3. The molecule has 0 aromatic heterocycles. The number of carbonyl (C=O) groups excluding carboxylic acids is 2. The van der Waals surface area contributed by atoms with Crippen LogP contribution in [0.1, 0.15) is 48.9 Å². The van der Waals surface area contributed by atoms with Gasteiger partial charge >= 0.3 is 5.97 Å². The van der Waals surface area contributed by atoms with Gasteiger partial charge in [-0.25, -0.2) is 4.79 Å². The molecule has 1 amide bonds. The van der Waals surface area contributed by atoms with Crippen LogP contribution in [0.15, 0.2) is 24.3 Å². The Labute approximate surface area is 153 Å². The summed E-state index contributed by atoms with van der Waals surface area (Å²) in [4.78, 5) is 24.8. The molecule has 0 radical (unpaired) electrons. The van der Waals surface area contributed by atoms with Crippen LogP contribution in [0.25, 0.3) is 0 Å². The predicted octanol–water partition coefficient (Wildman–Crippen LogP) is 3.83. The predicted molar refractivity (Wildman–Crippen MR) is 95.3 cm³/mol. The molecule has 4 aliphatic carbocycles. The second-order valence-electron chi connectivity index (χ2n) is 8.07. The normalized spacial score (nSPS) is 32.4. The van der Waals surface area contributed by atoms with Gasteiger partial charge in [0.25, 0.3) is 0 Å². The molecule has 5 rings (SSSR count). The molecular weight excluding hydrogens is 338 g/mol. The summed E-state index contributed by atoms with van der Waals surface area (Å²) in [5.41, 5.74) is 0.207. The minimum Gasteiger partial charge on any atom is -0.460 e. The second-order valence-corrected chi connectivity index (χ2v) is 8.48. The van der Waals surface area contributed by atoms with Crippen LogP contribution in [-0.2, 0) is 9.53 Å². The Morgan fingerprint density at radius 1 is 1.08 bits per heavy atom. The molecule has 1 aromatic carbocycles. The van der Waals surface area contributed by atoms with Gasteiger partial charge in [0, 0.05) is 5.41 Å². The van der Waals surface area contributed by atoms with Gasteiger partial charge in [0.1, 0.15) is 6.61 Å². The molecule has 0 heterocycles. The van der Waals surface area contributed by atoms with Gasteiger partial charge < -0.3 is 10.1 Å². The molecule has 5 heteroatoms. The molecule has 1 aromatic rings. The van der Waals surface area contributed by atoms with Gasteiger partial charge in [-0.05, 0) is 68.4 Å². The monoisotopic (exact) mass is 361 g/mol. The third-order valence-electron chi connectivity index (χ3n) is 6.23. The summed E-state index contributed by atoms with van der Waals surface area (Å²) >= 11 is 5.99. The lowest BCUT2D eigenvalue weighted by Gasteiger charge is -2.55. The summed E-state index contributed by atoms with van der Waals surface area (Å²) in [5, 5.41) is 3.39. The first kappa shape index (κ1) is 16.9. The number of rotatable bonds is 5. The maximum Gasteiger partial charge on any atom is 0.339 e. The largest absolute Gasteiger partial charge is 0.460 e. The summed E-state index contributed by atoms with van der Waals surface area (Å²) in [6.45, 7) is 0.527. The fourth-order valence-corrected chi connectivity index (χ4v) is 5.80. The van der Waals surface area contributed by atoms with Crippen LogP contribution in [0.5, 0.6) is 0 Å². The highest BCUT2D eigenvalue weighted by Crippen LogP contribution is 2.60. The minimum atomic E-state index is -0.449.